The number of nitrogens with one attached hydrogen (secondary N) is 1. The van der Waals surface area contributed by atoms with Gasteiger partial charge in [-0.2, -0.15) is 13.2 Å². The Balaban J connectivity index is 2.67. The van der Waals surface area contributed by atoms with Crippen molar-refractivity contribution in [3.63, 3.8) is 0 Å². The van der Waals surface area contributed by atoms with Crippen LogP contribution in [0.3, 0.4) is 0 Å². The van der Waals surface area contributed by atoms with E-state index < -0.39 is 30.7 Å². The largest absolute Gasteiger partial charge is 0.481 e. The summed E-state index contributed by atoms with van der Waals surface area (Å²) in [5.41, 5.74) is 0.0866. The van der Waals surface area contributed by atoms with Crippen LogP contribution in [0.15, 0.2) is 18.3 Å². The third kappa shape index (κ3) is 7.77. The van der Waals surface area contributed by atoms with Crippen LogP contribution in [0.5, 0.6) is 5.88 Å². The highest BCUT2D eigenvalue weighted by molar-refractivity contribution is 5.94. The van der Waals surface area contributed by atoms with Crippen LogP contribution in [0.2, 0.25) is 0 Å². The number of halogens is 3. The van der Waals surface area contributed by atoms with Crippen molar-refractivity contribution in [1.29, 1.82) is 0 Å². The number of rotatable bonds is 8. The number of aromatic nitrogens is 1. The average molecular weight is 349 g/mol. The smallest absolute Gasteiger partial charge is 0.422 e. The van der Waals surface area contributed by atoms with E-state index in [0.29, 0.717) is 6.54 Å². The van der Waals surface area contributed by atoms with Crippen molar-refractivity contribution < 1.29 is 32.6 Å². The topological polar surface area (TPSA) is 91.8 Å². The summed E-state index contributed by atoms with van der Waals surface area (Å²) in [7, 11) is 3.46. The van der Waals surface area contributed by atoms with Crippen LogP contribution in [0.25, 0.3) is 0 Å². The molecule has 0 spiro atoms. The number of nitrogens with zero attached hydrogens (tertiary/aromatic N) is 2. The van der Waals surface area contributed by atoms with Crippen molar-refractivity contribution in [3.05, 3.63) is 23.9 Å². The fraction of sp³-hybridized carbons (Fsp3) is 0.500. The maximum atomic E-state index is 12.1. The van der Waals surface area contributed by atoms with Crippen LogP contribution in [0.4, 0.5) is 13.2 Å². The first-order valence-corrected chi connectivity index (χ1v) is 6.90. The lowest BCUT2D eigenvalue weighted by molar-refractivity contribution is -0.154. The first kappa shape index (κ1) is 19.7. The molecule has 7 nitrogen and oxygen atoms in total. The first-order chi connectivity index (χ1) is 11.1. The fourth-order valence-electron chi connectivity index (χ4n) is 1.84. The van der Waals surface area contributed by atoms with Gasteiger partial charge in [0.1, 0.15) is 0 Å². The molecule has 134 valence electrons. The van der Waals surface area contributed by atoms with Crippen LogP contribution < -0.4 is 10.1 Å². The molecule has 10 heteroatoms. The highest BCUT2D eigenvalue weighted by Gasteiger charge is 2.28. The van der Waals surface area contributed by atoms with Gasteiger partial charge in [0.05, 0.1) is 18.0 Å². The molecule has 2 N–H and O–H groups in total. The summed E-state index contributed by atoms with van der Waals surface area (Å²) in [6.07, 6.45) is -3.67. The zero-order valence-corrected chi connectivity index (χ0v) is 13.1. The van der Waals surface area contributed by atoms with Gasteiger partial charge in [0.2, 0.25) is 5.88 Å². The molecular weight excluding hydrogens is 331 g/mol. The van der Waals surface area contributed by atoms with Crippen molar-refractivity contribution in [2.75, 3.05) is 27.2 Å². The molecule has 0 aromatic carbocycles. The molecule has 0 aliphatic rings. The Morgan fingerprint density at radius 2 is 2.04 bits per heavy atom. The Kier molecular flexibility index (Phi) is 6.96. The van der Waals surface area contributed by atoms with E-state index in [0.717, 1.165) is 12.3 Å². The van der Waals surface area contributed by atoms with E-state index >= 15 is 0 Å². The van der Waals surface area contributed by atoms with Crippen LogP contribution in [0, 0.1) is 0 Å². The minimum absolute atomic E-state index is 0.0866. The molecule has 1 amide bonds. The number of carboxylic acids is 1. The number of aliphatic carboxylic acids is 1. The number of carbonyl (C=O) groups excluding carboxylic acids is 1. The first-order valence-electron chi connectivity index (χ1n) is 6.90. The van der Waals surface area contributed by atoms with Gasteiger partial charge < -0.3 is 20.1 Å². The van der Waals surface area contributed by atoms with Gasteiger partial charge in [0, 0.05) is 18.8 Å². The molecule has 1 atom stereocenters. The lowest BCUT2D eigenvalue weighted by Gasteiger charge is -2.20. The molecule has 1 heterocycles. The molecular formula is C14H18F3N3O4. The second-order valence-corrected chi connectivity index (χ2v) is 5.32. The molecule has 0 aliphatic carbocycles. The second kappa shape index (κ2) is 8.48. The molecule has 0 unspecified atom stereocenters. The average Bonchev–Trinajstić information content (AvgIpc) is 2.43. The predicted octanol–water partition coefficient (Wildman–Crippen LogP) is 1.16. The summed E-state index contributed by atoms with van der Waals surface area (Å²) in [6, 6.07) is 1.77. The predicted molar refractivity (Wildman–Crippen MR) is 77.8 cm³/mol. The molecule has 0 saturated heterocycles. The lowest BCUT2D eigenvalue weighted by atomic mass is 10.1. The molecule has 1 aromatic rings. The number of hydrogen-bond donors (Lipinski definition) is 2. The van der Waals surface area contributed by atoms with E-state index in [9.17, 15) is 22.8 Å². The number of ether oxygens (including phenoxy) is 1. The summed E-state index contributed by atoms with van der Waals surface area (Å²) in [5.74, 6) is -1.90. The lowest BCUT2D eigenvalue weighted by Crippen LogP contribution is -2.43. The van der Waals surface area contributed by atoms with Gasteiger partial charge in [-0.15, -0.1) is 0 Å². The highest BCUT2D eigenvalue weighted by Crippen LogP contribution is 2.17. The molecule has 0 radical (unpaired) electrons. The third-order valence-electron chi connectivity index (χ3n) is 2.72. The van der Waals surface area contributed by atoms with E-state index in [1.165, 1.54) is 6.07 Å². The summed E-state index contributed by atoms with van der Waals surface area (Å²) in [5, 5.41) is 11.4. The highest BCUT2D eigenvalue weighted by atomic mass is 19.4. The van der Waals surface area contributed by atoms with Gasteiger partial charge in [-0.05, 0) is 20.2 Å². The number of amides is 1. The number of carboxylic acid groups (broad SMARTS) is 1. The summed E-state index contributed by atoms with van der Waals surface area (Å²) in [6.45, 7) is -1.16. The van der Waals surface area contributed by atoms with Gasteiger partial charge in [0.25, 0.3) is 5.91 Å². The zero-order chi connectivity index (χ0) is 18.3. The van der Waals surface area contributed by atoms with E-state index in [4.69, 9.17) is 5.11 Å². The van der Waals surface area contributed by atoms with Crippen molar-refractivity contribution in [2.24, 2.45) is 0 Å². The maximum absolute atomic E-state index is 12.1. The van der Waals surface area contributed by atoms with Crippen LogP contribution in [0.1, 0.15) is 16.8 Å². The quantitative estimate of drug-likeness (QED) is 0.732. The normalized spacial score (nSPS) is 12.8. The summed E-state index contributed by atoms with van der Waals surface area (Å²) < 4.78 is 40.5. The van der Waals surface area contributed by atoms with E-state index in [1.54, 1.807) is 19.0 Å². The third-order valence-corrected chi connectivity index (χ3v) is 2.72. The molecule has 0 saturated carbocycles. The van der Waals surface area contributed by atoms with Crippen LogP contribution in [-0.4, -0.2) is 66.3 Å². The molecule has 1 rings (SSSR count). The van der Waals surface area contributed by atoms with Crippen LogP contribution >= 0.6 is 0 Å². The number of hydrogen-bond acceptors (Lipinski definition) is 5. The van der Waals surface area contributed by atoms with Crippen LogP contribution in [-0.2, 0) is 4.79 Å². The van der Waals surface area contributed by atoms with Gasteiger partial charge in [-0.3, -0.25) is 9.59 Å². The van der Waals surface area contributed by atoms with Crippen molar-refractivity contribution in [1.82, 2.24) is 15.2 Å². The summed E-state index contributed by atoms with van der Waals surface area (Å²) >= 11 is 0. The summed E-state index contributed by atoms with van der Waals surface area (Å²) in [4.78, 5) is 28.2. The molecule has 0 aliphatic heterocycles. The molecule has 1 aromatic heterocycles. The Morgan fingerprint density at radius 3 is 2.50 bits per heavy atom. The number of pyridine rings is 1. The Hall–Kier alpha value is -2.36. The Bertz CT molecular complexity index is 561. The van der Waals surface area contributed by atoms with Gasteiger partial charge in [-0.1, -0.05) is 0 Å². The van der Waals surface area contributed by atoms with Crippen molar-refractivity contribution in [3.8, 4) is 5.88 Å². The Morgan fingerprint density at radius 1 is 1.38 bits per heavy atom. The van der Waals surface area contributed by atoms with E-state index in [1.807, 2.05) is 0 Å². The van der Waals surface area contributed by atoms with E-state index in [2.05, 4.69) is 15.0 Å². The van der Waals surface area contributed by atoms with Crippen molar-refractivity contribution in [2.45, 2.75) is 18.6 Å². The maximum Gasteiger partial charge on any atom is 0.422 e. The SMILES string of the molecule is CN(C)C[C@@H](CC(=O)O)NC(=O)c1ccc(OCC(F)(F)F)nc1. The second-order valence-electron chi connectivity index (χ2n) is 5.32. The van der Waals surface area contributed by atoms with Gasteiger partial charge in [0.15, 0.2) is 6.61 Å². The monoisotopic (exact) mass is 349 g/mol. The van der Waals surface area contributed by atoms with Gasteiger partial charge in [-0.25, -0.2) is 4.98 Å². The number of carbonyl (C=O) groups is 2. The molecule has 0 bridgehead atoms. The fourth-order valence-corrected chi connectivity index (χ4v) is 1.84. The minimum Gasteiger partial charge on any atom is -0.481 e. The Labute approximate surface area is 136 Å². The molecule has 0 fully saturated rings. The number of likely N-dealkylation sites (N-methyl/N-ethyl adjacent to an activating group) is 1. The molecule has 24 heavy (non-hydrogen) atoms. The number of alkyl halides is 3. The van der Waals surface area contributed by atoms with Gasteiger partial charge >= 0.3 is 12.1 Å². The zero-order valence-electron chi connectivity index (χ0n) is 13.1. The van der Waals surface area contributed by atoms with E-state index in [-0.39, 0.29) is 17.9 Å². The van der Waals surface area contributed by atoms with Crippen molar-refractivity contribution >= 4 is 11.9 Å². The standard InChI is InChI=1S/C14H18F3N3O4/c1-20(2)7-10(5-12(21)22)19-13(23)9-3-4-11(18-6-9)24-8-14(15,16)17/h3-4,6,10H,5,7-8H2,1-2H3,(H,19,23)(H,21,22)/t10-/m1/s1. The minimum atomic E-state index is -4.48.